The third-order valence-corrected chi connectivity index (χ3v) is 7.12. The average Bonchev–Trinajstić information content (AvgIpc) is 3.44. The highest BCUT2D eigenvalue weighted by molar-refractivity contribution is 5.98. The van der Waals surface area contributed by atoms with Crippen molar-refractivity contribution in [3.8, 4) is 0 Å². The number of carboxylic acids is 2. The monoisotopic (exact) mass is 491 g/mol. The van der Waals surface area contributed by atoms with Gasteiger partial charge in [0.05, 0.1) is 0 Å². The predicted molar refractivity (Wildman–Crippen MR) is 137 cm³/mol. The fraction of sp³-hybridized carbons (Fsp3) is 0.393. The van der Waals surface area contributed by atoms with E-state index in [4.69, 9.17) is 10.2 Å². The lowest BCUT2D eigenvalue weighted by Gasteiger charge is -2.35. The Morgan fingerprint density at radius 1 is 0.833 bits per heavy atom. The number of carboxylic acid groups (broad SMARTS) is 2. The van der Waals surface area contributed by atoms with Crippen molar-refractivity contribution in [1.29, 1.82) is 0 Å². The van der Waals surface area contributed by atoms with E-state index < -0.39 is 11.9 Å². The zero-order valence-electron chi connectivity index (χ0n) is 20.4. The molecule has 0 radical (unpaired) electrons. The number of benzene rings is 2. The minimum Gasteiger partial charge on any atom is -0.478 e. The molecule has 5 rings (SSSR count). The number of amides is 1. The first kappa shape index (κ1) is 25.4. The molecule has 0 bridgehead atoms. The predicted octanol–water partition coefficient (Wildman–Crippen LogP) is 3.13. The lowest BCUT2D eigenvalue weighted by molar-refractivity contribution is -0.134. The average molecular weight is 492 g/mol. The summed E-state index contributed by atoms with van der Waals surface area (Å²) in [5, 5.41) is 15.6. The van der Waals surface area contributed by atoms with Gasteiger partial charge in [0.1, 0.15) is 0 Å². The number of piperidine rings is 1. The first-order chi connectivity index (χ1) is 17.4. The van der Waals surface area contributed by atoms with Gasteiger partial charge in [0.2, 0.25) is 0 Å². The second kappa shape index (κ2) is 11.9. The zero-order chi connectivity index (χ0) is 25.5. The van der Waals surface area contributed by atoms with E-state index in [2.05, 4.69) is 45.0 Å². The molecular formula is C28H33N3O5. The van der Waals surface area contributed by atoms with Crippen LogP contribution in [0.25, 0.3) is 0 Å². The van der Waals surface area contributed by atoms with Crippen molar-refractivity contribution in [2.24, 2.45) is 5.92 Å². The molecule has 0 atom stereocenters. The van der Waals surface area contributed by atoms with Crippen LogP contribution in [0.1, 0.15) is 34.3 Å². The summed E-state index contributed by atoms with van der Waals surface area (Å²) in [6.07, 6.45) is 4.71. The van der Waals surface area contributed by atoms with Gasteiger partial charge in [0.25, 0.3) is 5.91 Å². The number of hydrogen-bond acceptors (Lipinski definition) is 5. The largest absolute Gasteiger partial charge is 0.478 e. The van der Waals surface area contributed by atoms with Crippen LogP contribution in [0.2, 0.25) is 0 Å². The van der Waals surface area contributed by atoms with Crippen LogP contribution in [0.5, 0.6) is 0 Å². The number of carbonyl (C=O) groups excluding carboxylic acids is 1. The first-order valence-electron chi connectivity index (χ1n) is 12.5. The molecular weight excluding hydrogens is 458 g/mol. The minimum atomic E-state index is -1.26. The molecule has 8 nitrogen and oxygen atoms in total. The molecule has 3 heterocycles. The van der Waals surface area contributed by atoms with Crippen molar-refractivity contribution >= 4 is 23.5 Å². The number of nitrogens with zero attached hydrogens (tertiary/aromatic N) is 3. The van der Waals surface area contributed by atoms with Gasteiger partial charge >= 0.3 is 11.9 Å². The van der Waals surface area contributed by atoms with Gasteiger partial charge in [-0.25, -0.2) is 9.59 Å². The Hall–Kier alpha value is -3.65. The Morgan fingerprint density at radius 3 is 2.14 bits per heavy atom. The molecule has 2 aromatic carbocycles. The van der Waals surface area contributed by atoms with Crippen molar-refractivity contribution in [3.63, 3.8) is 0 Å². The number of fused-ring (bicyclic) bond motifs is 2. The Morgan fingerprint density at radius 2 is 1.47 bits per heavy atom. The Kier molecular flexibility index (Phi) is 8.38. The zero-order valence-corrected chi connectivity index (χ0v) is 20.4. The van der Waals surface area contributed by atoms with Crippen LogP contribution in [-0.4, -0.2) is 77.1 Å². The highest BCUT2D eigenvalue weighted by Gasteiger charge is 2.30. The number of carbonyl (C=O) groups is 3. The molecule has 0 aromatic heterocycles. The summed E-state index contributed by atoms with van der Waals surface area (Å²) < 4.78 is 0. The normalized spacial score (nSPS) is 17.6. The molecule has 0 spiro atoms. The second-order valence-electron chi connectivity index (χ2n) is 9.50. The topological polar surface area (TPSA) is 101 Å². The molecule has 190 valence electrons. The fourth-order valence-corrected chi connectivity index (χ4v) is 5.21. The molecule has 3 aliphatic rings. The Labute approximate surface area is 211 Å². The quantitative estimate of drug-likeness (QED) is 0.574. The van der Waals surface area contributed by atoms with Crippen LogP contribution < -0.4 is 4.90 Å². The van der Waals surface area contributed by atoms with Gasteiger partial charge in [-0.3, -0.25) is 4.79 Å². The molecule has 0 saturated carbocycles. The summed E-state index contributed by atoms with van der Waals surface area (Å²) in [6, 6.07) is 16.9. The maximum Gasteiger partial charge on any atom is 0.328 e. The van der Waals surface area contributed by atoms with Crippen molar-refractivity contribution in [3.05, 3.63) is 77.4 Å². The van der Waals surface area contributed by atoms with Gasteiger partial charge in [-0.2, -0.15) is 0 Å². The number of aliphatic carboxylic acids is 2. The SMILES string of the molecule is O=C(O)C=CC(=O)O.O=C1c2ccccc2CN1CC1CCN(CCN2CCc3ccccc32)CC1. The second-order valence-corrected chi connectivity index (χ2v) is 9.50. The van der Waals surface area contributed by atoms with Crippen LogP contribution in [-0.2, 0) is 22.6 Å². The number of hydrogen-bond donors (Lipinski definition) is 2. The van der Waals surface area contributed by atoms with Crippen LogP contribution in [0.4, 0.5) is 5.69 Å². The molecule has 36 heavy (non-hydrogen) atoms. The van der Waals surface area contributed by atoms with E-state index >= 15 is 0 Å². The Bertz CT molecular complexity index is 1110. The molecule has 2 aromatic rings. The van der Waals surface area contributed by atoms with E-state index in [0.717, 1.165) is 51.4 Å². The third-order valence-electron chi connectivity index (χ3n) is 7.12. The van der Waals surface area contributed by atoms with Crippen LogP contribution >= 0.6 is 0 Å². The number of anilines is 1. The molecule has 2 N–H and O–H groups in total. The maximum absolute atomic E-state index is 12.6. The van der Waals surface area contributed by atoms with Crippen molar-refractivity contribution in [2.75, 3.05) is 44.2 Å². The number of rotatable bonds is 7. The van der Waals surface area contributed by atoms with E-state index in [1.807, 2.05) is 18.2 Å². The van der Waals surface area contributed by atoms with Crippen molar-refractivity contribution in [1.82, 2.24) is 9.80 Å². The minimum absolute atomic E-state index is 0.228. The molecule has 3 aliphatic heterocycles. The molecule has 8 heteroatoms. The summed E-state index contributed by atoms with van der Waals surface area (Å²) >= 11 is 0. The smallest absolute Gasteiger partial charge is 0.328 e. The molecule has 0 aliphatic carbocycles. The number of para-hydroxylation sites is 1. The standard InChI is InChI=1S/C24H29N3O.C4H4O4/c28-24-22-7-3-1-6-21(22)18-27(24)17-19-9-12-25(13-10-19)15-16-26-14-11-20-5-2-4-8-23(20)26;5-3(6)1-2-4(7)8/h1-8,19H,9-18H2;1-2H,(H,5,6)(H,7,8). The first-order valence-corrected chi connectivity index (χ1v) is 12.5. The van der Waals surface area contributed by atoms with Crippen LogP contribution in [0.3, 0.4) is 0 Å². The van der Waals surface area contributed by atoms with Gasteiger partial charge < -0.3 is 24.9 Å². The van der Waals surface area contributed by atoms with E-state index in [1.165, 1.54) is 36.1 Å². The van der Waals surface area contributed by atoms with Gasteiger partial charge in [0.15, 0.2) is 0 Å². The van der Waals surface area contributed by atoms with Crippen molar-refractivity contribution < 1.29 is 24.6 Å². The van der Waals surface area contributed by atoms with Gasteiger partial charge in [0, 0.05) is 56.1 Å². The molecule has 1 fully saturated rings. The number of likely N-dealkylation sites (tertiary alicyclic amines) is 1. The molecule has 0 unspecified atom stereocenters. The highest BCUT2D eigenvalue weighted by atomic mass is 16.4. The summed E-state index contributed by atoms with van der Waals surface area (Å²) in [5.74, 6) is -1.65. The van der Waals surface area contributed by atoms with Gasteiger partial charge in [-0.05, 0) is 61.5 Å². The van der Waals surface area contributed by atoms with Crippen LogP contribution in [0.15, 0.2) is 60.7 Å². The van der Waals surface area contributed by atoms with E-state index in [9.17, 15) is 14.4 Å². The van der Waals surface area contributed by atoms with E-state index in [-0.39, 0.29) is 5.91 Å². The lowest BCUT2D eigenvalue weighted by atomic mass is 9.96. The summed E-state index contributed by atoms with van der Waals surface area (Å²) in [5.41, 5.74) is 5.03. The maximum atomic E-state index is 12.6. The fourth-order valence-electron chi connectivity index (χ4n) is 5.21. The highest BCUT2D eigenvalue weighted by Crippen LogP contribution is 2.28. The Balaban J connectivity index is 0.000000331. The summed E-state index contributed by atoms with van der Waals surface area (Å²) in [6.45, 7) is 7.47. The van der Waals surface area contributed by atoms with Gasteiger partial charge in [-0.1, -0.05) is 36.4 Å². The molecule has 1 saturated heterocycles. The molecule has 1 amide bonds. The van der Waals surface area contributed by atoms with Crippen LogP contribution in [0, 0.1) is 5.92 Å². The van der Waals surface area contributed by atoms with E-state index in [1.54, 1.807) is 0 Å². The summed E-state index contributed by atoms with van der Waals surface area (Å²) in [7, 11) is 0. The van der Waals surface area contributed by atoms with Crippen molar-refractivity contribution in [2.45, 2.75) is 25.8 Å². The lowest BCUT2D eigenvalue weighted by Crippen LogP contribution is -2.42. The van der Waals surface area contributed by atoms with E-state index in [0.29, 0.717) is 18.1 Å². The summed E-state index contributed by atoms with van der Waals surface area (Å²) in [4.78, 5) is 38.9. The van der Waals surface area contributed by atoms with Gasteiger partial charge in [-0.15, -0.1) is 0 Å². The third kappa shape index (κ3) is 6.51.